The van der Waals surface area contributed by atoms with Crippen LogP contribution in [0.1, 0.15) is 42.5 Å². The maximum atomic E-state index is 12.8. The molecule has 0 radical (unpaired) electrons. The number of pyridine rings is 1. The Labute approximate surface area is 128 Å². The van der Waals surface area contributed by atoms with Crippen LogP contribution >= 0.6 is 0 Å². The van der Waals surface area contributed by atoms with Crippen molar-refractivity contribution < 1.29 is 18.3 Å². The van der Waals surface area contributed by atoms with Crippen molar-refractivity contribution >= 4 is 5.91 Å². The highest BCUT2D eigenvalue weighted by Gasteiger charge is 2.38. The lowest BCUT2D eigenvalue weighted by Gasteiger charge is -2.38. The van der Waals surface area contributed by atoms with E-state index in [4.69, 9.17) is 4.74 Å². The third-order valence-electron chi connectivity index (χ3n) is 4.60. The number of hydrogen-bond acceptors (Lipinski definition) is 3. The number of piperidine rings is 1. The highest BCUT2D eigenvalue weighted by Crippen LogP contribution is 2.37. The van der Waals surface area contributed by atoms with Gasteiger partial charge in [-0.05, 0) is 43.7 Å². The fraction of sp³-hybridized carbons (Fsp3) is 0.625. The summed E-state index contributed by atoms with van der Waals surface area (Å²) < 4.78 is 29.7. The SMILES string of the molecule is O=C(c1cccnc1OCC(F)F)N1CCC[C@@H]2CCC[C@H]21. The Balaban J connectivity index is 1.79. The van der Waals surface area contributed by atoms with Crippen molar-refractivity contribution in [3.05, 3.63) is 23.9 Å². The second-order valence-corrected chi connectivity index (χ2v) is 5.96. The number of amides is 1. The maximum absolute atomic E-state index is 12.8. The molecule has 1 amide bonds. The molecule has 0 spiro atoms. The Morgan fingerprint density at radius 2 is 2.18 bits per heavy atom. The van der Waals surface area contributed by atoms with Gasteiger partial charge >= 0.3 is 0 Å². The van der Waals surface area contributed by atoms with Crippen molar-refractivity contribution in [3.8, 4) is 5.88 Å². The van der Waals surface area contributed by atoms with E-state index in [2.05, 4.69) is 4.98 Å². The molecule has 1 aromatic heterocycles. The lowest BCUT2D eigenvalue weighted by molar-refractivity contribution is 0.0528. The molecule has 0 N–H and O–H groups in total. The van der Waals surface area contributed by atoms with Gasteiger partial charge in [-0.3, -0.25) is 4.79 Å². The Hall–Kier alpha value is -1.72. The van der Waals surface area contributed by atoms with Gasteiger partial charge in [0.1, 0.15) is 5.56 Å². The summed E-state index contributed by atoms with van der Waals surface area (Å²) in [6.45, 7) is -0.0213. The minimum atomic E-state index is -2.58. The number of hydrogen-bond donors (Lipinski definition) is 0. The van der Waals surface area contributed by atoms with E-state index in [1.807, 2.05) is 4.90 Å². The minimum Gasteiger partial charge on any atom is -0.471 e. The second-order valence-electron chi connectivity index (χ2n) is 5.96. The summed E-state index contributed by atoms with van der Waals surface area (Å²) in [4.78, 5) is 18.7. The average Bonchev–Trinajstić information content (AvgIpc) is 3.01. The largest absolute Gasteiger partial charge is 0.471 e. The first-order valence-electron chi connectivity index (χ1n) is 7.83. The maximum Gasteiger partial charge on any atom is 0.272 e. The van der Waals surface area contributed by atoms with E-state index in [9.17, 15) is 13.6 Å². The molecule has 22 heavy (non-hydrogen) atoms. The second kappa shape index (κ2) is 6.58. The van der Waals surface area contributed by atoms with Gasteiger partial charge in [-0.25, -0.2) is 13.8 Å². The topological polar surface area (TPSA) is 42.4 Å². The Morgan fingerprint density at radius 3 is 3.00 bits per heavy atom. The average molecular weight is 310 g/mol. The number of halogens is 2. The first-order valence-corrected chi connectivity index (χ1v) is 7.83. The first-order chi connectivity index (χ1) is 10.7. The van der Waals surface area contributed by atoms with Crippen molar-refractivity contribution in [1.29, 1.82) is 0 Å². The molecule has 1 aliphatic carbocycles. The molecule has 1 saturated carbocycles. The zero-order chi connectivity index (χ0) is 15.5. The highest BCUT2D eigenvalue weighted by molar-refractivity contribution is 5.96. The zero-order valence-corrected chi connectivity index (χ0v) is 12.4. The molecular formula is C16H20F2N2O2. The smallest absolute Gasteiger partial charge is 0.272 e. The lowest BCUT2D eigenvalue weighted by atomic mass is 9.91. The normalized spacial score (nSPS) is 24.4. The molecular weight excluding hydrogens is 290 g/mol. The van der Waals surface area contributed by atoms with Gasteiger partial charge in [-0.2, -0.15) is 0 Å². The molecule has 4 nitrogen and oxygen atoms in total. The van der Waals surface area contributed by atoms with Crippen molar-refractivity contribution in [1.82, 2.24) is 9.88 Å². The van der Waals surface area contributed by atoms with Gasteiger partial charge in [0.2, 0.25) is 5.88 Å². The number of carbonyl (C=O) groups excluding carboxylic acids is 1. The molecule has 120 valence electrons. The van der Waals surface area contributed by atoms with E-state index in [1.54, 1.807) is 12.1 Å². The molecule has 6 heteroatoms. The molecule has 1 aromatic rings. The minimum absolute atomic E-state index is 0.00733. The highest BCUT2D eigenvalue weighted by atomic mass is 19.3. The summed E-state index contributed by atoms with van der Waals surface area (Å²) >= 11 is 0. The fourth-order valence-electron chi connectivity index (χ4n) is 3.67. The summed E-state index contributed by atoms with van der Waals surface area (Å²) in [5.74, 6) is 0.446. The number of likely N-dealkylation sites (tertiary alicyclic amines) is 1. The first kappa shape index (κ1) is 15.2. The van der Waals surface area contributed by atoms with Gasteiger partial charge in [-0.1, -0.05) is 6.42 Å². The number of carbonyl (C=O) groups is 1. The van der Waals surface area contributed by atoms with Crippen molar-refractivity contribution in [2.45, 2.75) is 44.6 Å². The number of aromatic nitrogens is 1. The predicted octanol–water partition coefficient (Wildman–Crippen LogP) is 3.13. The van der Waals surface area contributed by atoms with Crippen LogP contribution in [0.4, 0.5) is 8.78 Å². The third kappa shape index (κ3) is 3.05. The van der Waals surface area contributed by atoms with Gasteiger partial charge in [0.15, 0.2) is 6.61 Å². The predicted molar refractivity (Wildman–Crippen MR) is 77.1 cm³/mol. The van der Waals surface area contributed by atoms with Crippen LogP contribution in [0.25, 0.3) is 0 Å². The van der Waals surface area contributed by atoms with Gasteiger partial charge in [0.25, 0.3) is 12.3 Å². The molecule has 1 aliphatic heterocycles. The van der Waals surface area contributed by atoms with Gasteiger partial charge in [-0.15, -0.1) is 0 Å². The van der Waals surface area contributed by atoms with Gasteiger partial charge in [0, 0.05) is 18.8 Å². The lowest BCUT2D eigenvalue weighted by Crippen LogP contribution is -2.46. The van der Waals surface area contributed by atoms with Crippen LogP contribution in [-0.2, 0) is 0 Å². The van der Waals surface area contributed by atoms with Crippen molar-refractivity contribution in [3.63, 3.8) is 0 Å². The van der Waals surface area contributed by atoms with Crippen LogP contribution in [0.15, 0.2) is 18.3 Å². The Morgan fingerprint density at radius 1 is 1.36 bits per heavy atom. The Kier molecular flexibility index (Phi) is 4.55. The standard InChI is InChI=1S/C16H20F2N2O2/c17-14(18)10-22-15-12(6-2-8-19-15)16(21)20-9-3-5-11-4-1-7-13(11)20/h2,6,8,11,13-14H,1,3-5,7,9-10H2/t11-,13+/m0/s1. The Bertz CT molecular complexity index is 539. The molecule has 2 heterocycles. The fourth-order valence-corrected chi connectivity index (χ4v) is 3.67. The van der Waals surface area contributed by atoms with Gasteiger partial charge in [0.05, 0.1) is 0 Å². The van der Waals surface area contributed by atoms with E-state index in [0.717, 1.165) is 25.8 Å². The van der Waals surface area contributed by atoms with Crippen molar-refractivity contribution in [2.75, 3.05) is 13.2 Å². The van der Waals surface area contributed by atoms with E-state index in [0.29, 0.717) is 5.92 Å². The molecule has 1 saturated heterocycles. The molecule has 3 rings (SSSR count). The van der Waals surface area contributed by atoms with Crippen LogP contribution in [-0.4, -0.2) is 41.4 Å². The number of nitrogens with zero attached hydrogens (tertiary/aromatic N) is 2. The van der Waals surface area contributed by atoms with Crippen LogP contribution in [0.2, 0.25) is 0 Å². The summed E-state index contributed by atoms with van der Waals surface area (Å²) in [5, 5.41) is 0. The quantitative estimate of drug-likeness (QED) is 0.858. The van der Waals surface area contributed by atoms with Crippen LogP contribution in [0, 0.1) is 5.92 Å². The monoisotopic (exact) mass is 310 g/mol. The number of fused-ring (bicyclic) bond motifs is 1. The summed E-state index contributed by atoms with van der Waals surface area (Å²) in [7, 11) is 0. The third-order valence-corrected chi connectivity index (χ3v) is 4.60. The zero-order valence-electron chi connectivity index (χ0n) is 12.4. The molecule has 0 aromatic carbocycles. The molecule has 0 unspecified atom stereocenters. The van der Waals surface area contributed by atoms with E-state index in [-0.39, 0.29) is 23.4 Å². The molecule has 0 bridgehead atoms. The van der Waals surface area contributed by atoms with Crippen LogP contribution in [0.3, 0.4) is 0 Å². The van der Waals surface area contributed by atoms with E-state index >= 15 is 0 Å². The summed E-state index contributed by atoms with van der Waals surface area (Å²) in [6, 6.07) is 3.53. The van der Waals surface area contributed by atoms with E-state index in [1.165, 1.54) is 19.0 Å². The summed E-state index contributed by atoms with van der Waals surface area (Å²) in [5.41, 5.74) is 0.288. The number of alkyl halides is 2. The van der Waals surface area contributed by atoms with Gasteiger partial charge < -0.3 is 9.64 Å². The van der Waals surface area contributed by atoms with Crippen molar-refractivity contribution in [2.24, 2.45) is 5.92 Å². The molecule has 2 atom stereocenters. The number of ether oxygens (including phenoxy) is 1. The van der Waals surface area contributed by atoms with E-state index < -0.39 is 13.0 Å². The van der Waals surface area contributed by atoms with Crippen LogP contribution < -0.4 is 4.74 Å². The number of rotatable bonds is 4. The summed E-state index contributed by atoms with van der Waals surface area (Å²) in [6.07, 6.45) is 4.41. The van der Waals surface area contributed by atoms with Crippen LogP contribution in [0.5, 0.6) is 5.88 Å². The molecule has 2 aliphatic rings. The molecule has 2 fully saturated rings.